The Kier molecular flexibility index (Phi) is 7.53. The monoisotopic (exact) mass is 478 g/mol. The first-order chi connectivity index (χ1) is 15.0. The van der Waals surface area contributed by atoms with Crippen molar-refractivity contribution in [3.05, 3.63) is 33.8 Å². The highest BCUT2D eigenvalue weighted by molar-refractivity contribution is 6.31. The van der Waals surface area contributed by atoms with Gasteiger partial charge >= 0.3 is 0 Å². The third-order valence-corrected chi connectivity index (χ3v) is 8.73. The molecular weight excluding hydrogens is 443 g/mol. The van der Waals surface area contributed by atoms with Crippen molar-refractivity contribution in [3.63, 3.8) is 0 Å². The fourth-order valence-corrected chi connectivity index (χ4v) is 7.04. The number of imide groups is 1. The lowest BCUT2D eigenvalue weighted by molar-refractivity contribution is -0.153. The molecule has 4 aliphatic rings. The molecule has 176 valence electrons. The molecule has 5 rings (SSSR count). The Hall–Kier alpha value is -1.10. The average molecular weight is 479 g/mol. The highest BCUT2D eigenvalue weighted by Gasteiger charge is 2.44. The summed E-state index contributed by atoms with van der Waals surface area (Å²) < 4.78 is 0. The number of amides is 2. The van der Waals surface area contributed by atoms with Crippen LogP contribution < -0.4 is 0 Å². The van der Waals surface area contributed by atoms with Crippen LogP contribution >= 0.6 is 24.0 Å². The molecule has 1 atom stereocenters. The number of halogens is 2. The van der Waals surface area contributed by atoms with E-state index in [1.54, 1.807) is 10.5 Å². The van der Waals surface area contributed by atoms with Gasteiger partial charge in [0.25, 0.3) is 0 Å². The molecular formula is C26H36Cl2N2O2. The number of nitrogens with zero attached hydrogens (tertiary/aromatic N) is 2. The van der Waals surface area contributed by atoms with E-state index in [1.165, 1.54) is 43.2 Å². The highest BCUT2D eigenvalue weighted by atomic mass is 35.5. The summed E-state index contributed by atoms with van der Waals surface area (Å²) in [6.45, 7) is 3.81. The van der Waals surface area contributed by atoms with Gasteiger partial charge in [0, 0.05) is 37.5 Å². The van der Waals surface area contributed by atoms with Crippen LogP contribution in [0.1, 0.15) is 86.8 Å². The van der Waals surface area contributed by atoms with Gasteiger partial charge in [-0.15, -0.1) is 12.4 Å². The lowest BCUT2D eigenvalue weighted by Gasteiger charge is -2.37. The summed E-state index contributed by atoms with van der Waals surface area (Å²) in [7, 11) is 0. The van der Waals surface area contributed by atoms with E-state index in [0.29, 0.717) is 25.3 Å². The Morgan fingerprint density at radius 3 is 2.44 bits per heavy atom. The summed E-state index contributed by atoms with van der Waals surface area (Å²) in [6, 6.07) is 4.33. The first-order valence-electron chi connectivity index (χ1n) is 12.4. The van der Waals surface area contributed by atoms with Gasteiger partial charge in [0.15, 0.2) is 0 Å². The maximum atomic E-state index is 12.7. The van der Waals surface area contributed by atoms with Crippen LogP contribution in [0.25, 0.3) is 0 Å². The van der Waals surface area contributed by atoms with Crippen LogP contribution in [0.15, 0.2) is 12.1 Å². The minimum Gasteiger partial charge on any atom is -0.302 e. The third kappa shape index (κ3) is 4.74. The fraction of sp³-hybridized carbons (Fsp3) is 0.692. The molecule has 1 aromatic carbocycles. The highest BCUT2D eigenvalue weighted by Crippen LogP contribution is 2.47. The molecule has 1 unspecified atom stereocenters. The molecule has 1 saturated heterocycles. The van der Waals surface area contributed by atoms with Crippen molar-refractivity contribution >= 4 is 35.8 Å². The van der Waals surface area contributed by atoms with Gasteiger partial charge in [-0.05, 0) is 92.0 Å². The summed E-state index contributed by atoms with van der Waals surface area (Å²) in [4.78, 5) is 29.5. The van der Waals surface area contributed by atoms with Crippen molar-refractivity contribution in [2.24, 2.45) is 5.41 Å². The van der Waals surface area contributed by atoms with E-state index >= 15 is 0 Å². The zero-order valence-electron chi connectivity index (χ0n) is 19.0. The number of unbranched alkanes of at least 4 members (excludes halogenated alkanes) is 1. The van der Waals surface area contributed by atoms with Crippen LogP contribution in [0.5, 0.6) is 0 Å². The predicted octanol–water partition coefficient (Wildman–Crippen LogP) is 5.53. The SMILES string of the molecule is Cl.O=C1CC2(CCCC2)CC(=O)N1CCCCN1CCc2c(Cl)ccc3c2C(CCC3)C1. The fourth-order valence-electron chi connectivity index (χ4n) is 6.78. The van der Waals surface area contributed by atoms with E-state index in [1.807, 2.05) is 0 Å². The Balaban J connectivity index is 0.00000245. The van der Waals surface area contributed by atoms with Crippen LogP contribution in [0.4, 0.5) is 0 Å². The number of hydrogen-bond acceptors (Lipinski definition) is 3. The Bertz CT molecular complexity index is 846. The lowest BCUT2D eigenvalue weighted by Crippen LogP contribution is -2.47. The second kappa shape index (κ2) is 10.0. The number of carbonyl (C=O) groups excluding carboxylic acids is 2. The van der Waals surface area contributed by atoms with Crippen molar-refractivity contribution in [2.75, 3.05) is 26.2 Å². The molecule has 2 amide bonds. The Morgan fingerprint density at radius 2 is 1.69 bits per heavy atom. The molecule has 4 nitrogen and oxygen atoms in total. The zero-order chi connectivity index (χ0) is 21.4. The van der Waals surface area contributed by atoms with Gasteiger partial charge in [-0.3, -0.25) is 14.5 Å². The van der Waals surface area contributed by atoms with Crippen LogP contribution in [0, 0.1) is 5.41 Å². The molecule has 1 spiro atoms. The first kappa shape index (κ1) is 24.0. The summed E-state index contributed by atoms with van der Waals surface area (Å²) in [6.07, 6.45) is 12.3. The number of hydrogen-bond donors (Lipinski definition) is 0. The number of rotatable bonds is 5. The first-order valence-corrected chi connectivity index (χ1v) is 12.8. The van der Waals surface area contributed by atoms with Gasteiger partial charge < -0.3 is 4.90 Å². The zero-order valence-corrected chi connectivity index (χ0v) is 20.6. The smallest absolute Gasteiger partial charge is 0.229 e. The van der Waals surface area contributed by atoms with E-state index in [-0.39, 0.29) is 29.6 Å². The molecule has 2 aliphatic carbocycles. The quantitative estimate of drug-likeness (QED) is 0.412. The number of benzene rings is 1. The van der Waals surface area contributed by atoms with Crippen LogP contribution in [0.3, 0.4) is 0 Å². The van der Waals surface area contributed by atoms with Crippen LogP contribution in [-0.2, 0) is 22.4 Å². The maximum Gasteiger partial charge on any atom is 0.229 e. The van der Waals surface area contributed by atoms with E-state index in [2.05, 4.69) is 17.0 Å². The summed E-state index contributed by atoms with van der Waals surface area (Å²) in [5.74, 6) is 0.758. The maximum absolute atomic E-state index is 12.7. The number of piperidine rings is 1. The average Bonchev–Trinajstić information content (AvgIpc) is 3.09. The van der Waals surface area contributed by atoms with Crippen LogP contribution in [-0.4, -0.2) is 47.8 Å². The summed E-state index contributed by atoms with van der Waals surface area (Å²) in [5, 5.41) is 0.939. The van der Waals surface area contributed by atoms with Gasteiger partial charge in [-0.1, -0.05) is 30.5 Å². The molecule has 6 heteroatoms. The second-order valence-corrected chi connectivity index (χ2v) is 10.9. The van der Waals surface area contributed by atoms with E-state index in [4.69, 9.17) is 11.6 Å². The van der Waals surface area contributed by atoms with Crippen molar-refractivity contribution in [2.45, 2.75) is 83.0 Å². The molecule has 2 aliphatic heterocycles. The van der Waals surface area contributed by atoms with Crippen molar-refractivity contribution < 1.29 is 9.59 Å². The predicted molar refractivity (Wildman–Crippen MR) is 131 cm³/mol. The summed E-state index contributed by atoms with van der Waals surface area (Å²) >= 11 is 6.58. The molecule has 0 aromatic heterocycles. The van der Waals surface area contributed by atoms with Crippen molar-refractivity contribution in [3.8, 4) is 0 Å². The molecule has 0 bridgehead atoms. The Morgan fingerprint density at radius 1 is 0.969 bits per heavy atom. The largest absolute Gasteiger partial charge is 0.302 e. The van der Waals surface area contributed by atoms with Gasteiger partial charge in [-0.2, -0.15) is 0 Å². The minimum atomic E-state index is 0. The van der Waals surface area contributed by atoms with Crippen molar-refractivity contribution in [1.29, 1.82) is 0 Å². The van der Waals surface area contributed by atoms with Crippen LogP contribution in [0.2, 0.25) is 5.02 Å². The standard InChI is InChI=1S/C26H35ClN2O2.ClH/c27-22-9-8-19-6-5-7-20-18-28(15-10-21(22)25(19)20)13-3-4-14-29-23(30)16-26(17-24(29)31)11-1-2-12-26;/h8-9,20H,1-7,10-18H2;1H. The Labute approximate surface area is 203 Å². The molecule has 2 fully saturated rings. The topological polar surface area (TPSA) is 40.6 Å². The van der Waals surface area contributed by atoms with Gasteiger partial charge in [0.1, 0.15) is 0 Å². The molecule has 1 aromatic rings. The lowest BCUT2D eigenvalue weighted by atomic mass is 9.76. The number of carbonyl (C=O) groups is 2. The van der Waals surface area contributed by atoms with Gasteiger partial charge in [0.2, 0.25) is 11.8 Å². The molecule has 32 heavy (non-hydrogen) atoms. The van der Waals surface area contributed by atoms with Gasteiger partial charge in [-0.25, -0.2) is 0 Å². The third-order valence-electron chi connectivity index (χ3n) is 8.38. The van der Waals surface area contributed by atoms with E-state index in [9.17, 15) is 9.59 Å². The van der Waals surface area contributed by atoms with E-state index < -0.39 is 0 Å². The normalized spacial score (nSPS) is 24.9. The van der Waals surface area contributed by atoms with Crippen molar-refractivity contribution in [1.82, 2.24) is 9.80 Å². The second-order valence-electron chi connectivity index (χ2n) is 10.4. The molecule has 0 N–H and O–H groups in total. The van der Waals surface area contributed by atoms with E-state index in [0.717, 1.165) is 56.8 Å². The number of likely N-dealkylation sites (tertiary alicyclic amines) is 1. The van der Waals surface area contributed by atoms with Gasteiger partial charge in [0.05, 0.1) is 0 Å². The molecule has 1 saturated carbocycles. The molecule has 2 heterocycles. The summed E-state index contributed by atoms with van der Waals surface area (Å²) in [5.41, 5.74) is 4.45. The molecule has 0 radical (unpaired) electrons. The minimum absolute atomic E-state index is 0. The number of aryl methyl sites for hydroxylation is 1.